The summed E-state index contributed by atoms with van der Waals surface area (Å²) in [7, 11) is 0. The van der Waals surface area contributed by atoms with E-state index in [9.17, 15) is 27.9 Å². The average Bonchev–Trinajstić information content (AvgIpc) is 3.45. The molecule has 1 aliphatic rings. The van der Waals surface area contributed by atoms with Gasteiger partial charge in [-0.3, -0.25) is 9.59 Å². The number of benzene rings is 2. The lowest BCUT2D eigenvalue weighted by molar-refractivity contribution is -0.141. The van der Waals surface area contributed by atoms with Gasteiger partial charge in [0.05, 0.1) is 17.4 Å². The first-order valence-corrected chi connectivity index (χ1v) is 12.6. The zero-order chi connectivity index (χ0) is 28.3. The summed E-state index contributed by atoms with van der Waals surface area (Å²) < 4.78 is 41.1. The molecule has 3 heterocycles. The maximum atomic E-state index is 13.7. The van der Waals surface area contributed by atoms with Crippen molar-refractivity contribution in [3.05, 3.63) is 102 Å². The lowest BCUT2D eigenvalue weighted by atomic mass is 10.1. The van der Waals surface area contributed by atoms with Crippen molar-refractivity contribution in [2.45, 2.75) is 12.3 Å². The Labute approximate surface area is 228 Å². The number of aromatic nitrogens is 2. The van der Waals surface area contributed by atoms with Gasteiger partial charge >= 0.3 is 6.18 Å². The number of rotatable bonds is 6. The first-order valence-electron chi connectivity index (χ1n) is 12.6. The van der Waals surface area contributed by atoms with Crippen molar-refractivity contribution in [1.82, 2.24) is 14.9 Å². The van der Waals surface area contributed by atoms with Gasteiger partial charge in [-0.15, -0.1) is 0 Å². The molecule has 0 saturated carbocycles. The van der Waals surface area contributed by atoms with E-state index in [1.54, 1.807) is 71.6 Å². The van der Waals surface area contributed by atoms with Crippen LogP contribution in [0.25, 0.3) is 11.3 Å². The molecule has 0 spiro atoms. The predicted molar refractivity (Wildman–Crippen MR) is 144 cm³/mol. The number of nitrogens with one attached hydrogen (secondary N) is 2. The van der Waals surface area contributed by atoms with E-state index in [0.29, 0.717) is 43.1 Å². The van der Waals surface area contributed by atoms with E-state index in [-0.39, 0.29) is 17.3 Å². The lowest BCUT2D eigenvalue weighted by Gasteiger charge is -2.36. The van der Waals surface area contributed by atoms with Crippen molar-refractivity contribution >= 4 is 23.3 Å². The van der Waals surface area contributed by atoms with Gasteiger partial charge in [0.15, 0.2) is 6.10 Å². The number of hydrogen-bond acceptors (Lipinski definition) is 5. The molecule has 2 aromatic heterocycles. The second-order valence-corrected chi connectivity index (χ2v) is 9.32. The summed E-state index contributed by atoms with van der Waals surface area (Å²) in [4.78, 5) is 36.0. The number of nitrogens with zero attached hydrogens (tertiary/aromatic N) is 3. The van der Waals surface area contributed by atoms with Crippen LogP contribution in [0.15, 0.2) is 85.1 Å². The Morgan fingerprint density at radius 2 is 1.57 bits per heavy atom. The number of halogens is 3. The fraction of sp³-hybridized carbons (Fsp3) is 0.207. The highest BCUT2D eigenvalue weighted by atomic mass is 19.4. The van der Waals surface area contributed by atoms with Crippen molar-refractivity contribution in [1.29, 1.82) is 0 Å². The quantitative estimate of drug-likeness (QED) is 0.323. The van der Waals surface area contributed by atoms with Crippen molar-refractivity contribution in [2.24, 2.45) is 0 Å². The Morgan fingerprint density at radius 1 is 0.925 bits per heavy atom. The van der Waals surface area contributed by atoms with Gasteiger partial charge in [-0.05, 0) is 29.3 Å². The number of hydrogen-bond donors (Lipinski definition) is 3. The molecule has 40 heavy (non-hydrogen) atoms. The molecule has 2 amide bonds. The Bertz CT molecular complexity index is 1470. The molecule has 3 N–H and O–H groups in total. The van der Waals surface area contributed by atoms with Crippen LogP contribution in [-0.2, 0) is 11.0 Å². The van der Waals surface area contributed by atoms with Crippen LogP contribution >= 0.6 is 0 Å². The number of alkyl halides is 3. The fourth-order valence-corrected chi connectivity index (χ4v) is 4.58. The third-order valence-electron chi connectivity index (χ3n) is 6.71. The Hall–Kier alpha value is -4.64. The Morgan fingerprint density at radius 3 is 2.17 bits per heavy atom. The minimum absolute atomic E-state index is 0.181. The summed E-state index contributed by atoms with van der Waals surface area (Å²) in [5.41, 5.74) is -0.174. The van der Waals surface area contributed by atoms with Gasteiger partial charge in [0.1, 0.15) is 11.5 Å². The molecule has 0 radical (unpaired) electrons. The van der Waals surface area contributed by atoms with E-state index >= 15 is 0 Å². The summed E-state index contributed by atoms with van der Waals surface area (Å²) in [6, 6.07) is 21.3. The van der Waals surface area contributed by atoms with Crippen LogP contribution in [0.4, 0.5) is 24.7 Å². The molecule has 2 aromatic carbocycles. The number of carbonyl (C=O) groups excluding carboxylic acids is 2. The number of carbonyl (C=O) groups is 2. The van der Waals surface area contributed by atoms with Gasteiger partial charge in [0, 0.05) is 31.9 Å². The number of H-pyrrole nitrogens is 1. The van der Waals surface area contributed by atoms with Crippen molar-refractivity contribution in [3.8, 4) is 11.3 Å². The topological polar surface area (TPSA) is 102 Å². The maximum absolute atomic E-state index is 13.7. The summed E-state index contributed by atoms with van der Waals surface area (Å²) in [5.74, 6) is -0.709. The SMILES string of the molecule is O=C(Nc1ccc(N2CCN(C(=O)[C@H](O)c3ccccc3)CC2)nc1)c1[nH]c(-c2ccccc2)cc1C(F)(F)F. The van der Waals surface area contributed by atoms with Crippen LogP contribution in [0.2, 0.25) is 0 Å². The van der Waals surface area contributed by atoms with Crippen LogP contribution < -0.4 is 10.2 Å². The molecule has 0 bridgehead atoms. The van der Waals surface area contributed by atoms with Crippen molar-refractivity contribution in [3.63, 3.8) is 0 Å². The number of pyridine rings is 1. The summed E-state index contributed by atoms with van der Waals surface area (Å²) in [6.07, 6.45) is -4.58. The molecule has 206 valence electrons. The third-order valence-corrected chi connectivity index (χ3v) is 6.71. The minimum atomic E-state index is -4.72. The number of piperazine rings is 1. The van der Waals surface area contributed by atoms with Crippen LogP contribution in [0, 0.1) is 0 Å². The highest BCUT2D eigenvalue weighted by molar-refractivity contribution is 6.04. The molecule has 4 aromatic rings. The highest BCUT2D eigenvalue weighted by Crippen LogP contribution is 2.35. The molecule has 11 heteroatoms. The summed E-state index contributed by atoms with van der Waals surface area (Å²) in [5, 5.41) is 12.9. The lowest BCUT2D eigenvalue weighted by Crippen LogP contribution is -2.50. The van der Waals surface area contributed by atoms with E-state index in [1.807, 2.05) is 11.0 Å². The van der Waals surface area contributed by atoms with E-state index in [4.69, 9.17) is 0 Å². The van der Waals surface area contributed by atoms with E-state index in [1.165, 1.54) is 6.20 Å². The molecule has 0 unspecified atom stereocenters. The molecule has 5 rings (SSSR count). The number of aromatic amines is 1. The van der Waals surface area contributed by atoms with Gasteiger partial charge in [-0.25, -0.2) is 4.98 Å². The zero-order valence-corrected chi connectivity index (χ0v) is 21.2. The maximum Gasteiger partial charge on any atom is 0.418 e. The molecule has 1 atom stereocenters. The number of aliphatic hydroxyl groups is 1. The largest absolute Gasteiger partial charge is 0.418 e. The second kappa shape index (κ2) is 11.2. The fourth-order valence-electron chi connectivity index (χ4n) is 4.58. The molecule has 8 nitrogen and oxygen atoms in total. The highest BCUT2D eigenvalue weighted by Gasteiger charge is 2.37. The van der Waals surface area contributed by atoms with Gasteiger partial charge in [-0.2, -0.15) is 13.2 Å². The first-order chi connectivity index (χ1) is 19.2. The number of aliphatic hydroxyl groups excluding tert-OH is 1. The third kappa shape index (κ3) is 5.84. The van der Waals surface area contributed by atoms with Crippen molar-refractivity contribution < 1.29 is 27.9 Å². The zero-order valence-electron chi connectivity index (χ0n) is 21.2. The molecule has 1 fully saturated rings. The number of anilines is 2. The molecule has 1 aliphatic heterocycles. The second-order valence-electron chi connectivity index (χ2n) is 9.32. The standard InChI is InChI=1S/C29H26F3N5O3/c30-29(31,32)22-17-23(19-7-3-1-4-8-19)35-25(22)27(39)34-21-11-12-24(33-18-21)36-13-15-37(16-14-36)28(40)26(38)20-9-5-2-6-10-20/h1-12,17-18,26,35,38H,13-16H2,(H,34,39)/t26-/m1/s1. The van der Waals surface area contributed by atoms with Crippen molar-refractivity contribution in [2.75, 3.05) is 36.4 Å². The van der Waals surface area contributed by atoms with Gasteiger partial charge in [0.25, 0.3) is 11.8 Å². The van der Waals surface area contributed by atoms with Crippen LogP contribution in [0.1, 0.15) is 27.7 Å². The Balaban J connectivity index is 1.22. The summed E-state index contributed by atoms with van der Waals surface area (Å²) >= 11 is 0. The Kier molecular flexibility index (Phi) is 7.56. The van der Waals surface area contributed by atoms with Crippen LogP contribution in [0.5, 0.6) is 0 Å². The van der Waals surface area contributed by atoms with E-state index in [0.717, 1.165) is 6.07 Å². The predicted octanol–water partition coefficient (Wildman–Crippen LogP) is 4.73. The van der Waals surface area contributed by atoms with E-state index in [2.05, 4.69) is 15.3 Å². The molecule has 1 saturated heterocycles. The van der Waals surface area contributed by atoms with Gasteiger partial charge in [-0.1, -0.05) is 60.7 Å². The smallest absolute Gasteiger partial charge is 0.378 e. The van der Waals surface area contributed by atoms with Gasteiger partial charge in [0.2, 0.25) is 0 Å². The summed E-state index contributed by atoms with van der Waals surface area (Å²) in [6.45, 7) is 1.73. The monoisotopic (exact) mass is 549 g/mol. The molecular weight excluding hydrogens is 523 g/mol. The van der Waals surface area contributed by atoms with Crippen LogP contribution in [-0.4, -0.2) is 58.0 Å². The molecular formula is C29H26F3N5O3. The van der Waals surface area contributed by atoms with E-state index < -0.39 is 29.4 Å². The molecule has 0 aliphatic carbocycles. The first kappa shape index (κ1) is 26.9. The normalized spacial score (nSPS) is 14.6. The number of amides is 2. The van der Waals surface area contributed by atoms with Crippen LogP contribution in [0.3, 0.4) is 0 Å². The average molecular weight is 550 g/mol. The van der Waals surface area contributed by atoms with Gasteiger partial charge < -0.3 is 25.2 Å². The minimum Gasteiger partial charge on any atom is -0.378 e.